The molecule has 3 N–H and O–H groups in total. The van der Waals surface area contributed by atoms with Gasteiger partial charge in [-0.15, -0.1) is 0 Å². The van der Waals surface area contributed by atoms with Gasteiger partial charge in [-0.3, -0.25) is 9.59 Å². The number of carbonyl (C=O) groups is 4. The van der Waals surface area contributed by atoms with Crippen molar-refractivity contribution in [1.29, 1.82) is 0 Å². The number of rotatable bonds is 11. The van der Waals surface area contributed by atoms with Crippen LogP contribution >= 0.6 is 0 Å². The first-order valence-electron chi connectivity index (χ1n) is 10.7. The number of ether oxygens (including phenoxy) is 2. The van der Waals surface area contributed by atoms with Gasteiger partial charge in [0.15, 0.2) is 0 Å². The fraction of sp³-hybridized carbons (Fsp3) is 0.565. The first-order chi connectivity index (χ1) is 15.1. The minimum atomic E-state index is -0.945. The molecular formula is C23H35N3O6. The lowest BCUT2D eigenvalue weighted by molar-refractivity contribution is -0.145. The molecule has 0 saturated carbocycles. The number of methoxy groups -OCH3 is 1. The van der Waals surface area contributed by atoms with Gasteiger partial charge in [-0.2, -0.15) is 0 Å². The molecule has 0 saturated heterocycles. The van der Waals surface area contributed by atoms with Crippen molar-refractivity contribution in [3.05, 3.63) is 35.9 Å². The van der Waals surface area contributed by atoms with E-state index in [4.69, 9.17) is 9.47 Å². The van der Waals surface area contributed by atoms with Gasteiger partial charge in [0, 0.05) is 6.42 Å². The summed E-state index contributed by atoms with van der Waals surface area (Å²) in [7, 11) is 1.26. The van der Waals surface area contributed by atoms with Crippen LogP contribution in [0.2, 0.25) is 0 Å². The molecule has 0 radical (unpaired) electrons. The summed E-state index contributed by atoms with van der Waals surface area (Å²) in [5, 5.41) is 7.68. The summed E-state index contributed by atoms with van der Waals surface area (Å²) in [5.74, 6) is -1.61. The highest BCUT2D eigenvalue weighted by Crippen LogP contribution is 2.08. The number of carbonyl (C=O) groups excluding carboxylic acids is 4. The van der Waals surface area contributed by atoms with Gasteiger partial charge in [0.25, 0.3) is 0 Å². The van der Waals surface area contributed by atoms with Crippen molar-refractivity contribution in [3.8, 4) is 0 Å². The second-order valence-electron chi connectivity index (χ2n) is 8.39. The molecule has 0 bridgehead atoms. The van der Waals surface area contributed by atoms with E-state index in [1.165, 1.54) is 7.11 Å². The third-order valence-electron chi connectivity index (χ3n) is 4.38. The Morgan fingerprint density at radius 1 is 1.00 bits per heavy atom. The van der Waals surface area contributed by atoms with E-state index in [0.29, 0.717) is 6.42 Å². The molecule has 0 aliphatic carbocycles. The predicted octanol–water partition coefficient (Wildman–Crippen LogP) is 2.09. The average molecular weight is 450 g/mol. The third-order valence-corrected chi connectivity index (χ3v) is 4.38. The highest BCUT2D eigenvalue weighted by atomic mass is 16.6. The molecule has 0 aliphatic rings. The lowest BCUT2D eigenvalue weighted by atomic mass is 10.0. The molecular weight excluding hydrogens is 414 g/mol. The van der Waals surface area contributed by atoms with E-state index in [1.54, 1.807) is 20.8 Å². The van der Waals surface area contributed by atoms with Gasteiger partial charge in [0.05, 0.1) is 7.11 Å². The molecule has 1 aromatic rings. The van der Waals surface area contributed by atoms with Crippen molar-refractivity contribution in [1.82, 2.24) is 16.0 Å². The molecule has 1 rings (SSSR count). The van der Waals surface area contributed by atoms with Crippen LogP contribution in [0.3, 0.4) is 0 Å². The van der Waals surface area contributed by atoms with E-state index in [9.17, 15) is 19.2 Å². The van der Waals surface area contributed by atoms with Crippen LogP contribution in [0, 0.1) is 0 Å². The van der Waals surface area contributed by atoms with E-state index in [0.717, 1.165) is 18.4 Å². The molecule has 2 atom stereocenters. The van der Waals surface area contributed by atoms with Gasteiger partial charge in [-0.1, -0.05) is 50.1 Å². The third kappa shape index (κ3) is 10.8. The van der Waals surface area contributed by atoms with Crippen LogP contribution in [-0.2, 0) is 30.3 Å². The lowest BCUT2D eigenvalue weighted by Crippen LogP contribution is -2.54. The van der Waals surface area contributed by atoms with E-state index < -0.39 is 41.6 Å². The van der Waals surface area contributed by atoms with Crippen molar-refractivity contribution >= 4 is 23.9 Å². The maximum Gasteiger partial charge on any atom is 0.408 e. The standard InChI is InChI=1S/C23H35N3O6/c1-6-7-13-17(21(29)31-5)26-20(28)18(14-16-11-9-8-10-12-16)25-19(27)15-24-22(30)32-23(2,3)4/h8-12,17-18H,6-7,13-15H2,1-5H3,(H,24,30)(H,25,27)(H,26,28)/t17-,18-/m0/s1. The Balaban J connectivity index is 2.85. The van der Waals surface area contributed by atoms with Crippen LogP contribution in [0.1, 0.15) is 52.5 Å². The summed E-state index contributed by atoms with van der Waals surface area (Å²) in [4.78, 5) is 49.2. The maximum atomic E-state index is 13.0. The molecule has 0 aromatic heterocycles. The Labute approximate surface area is 189 Å². The minimum absolute atomic E-state index is 0.215. The zero-order valence-electron chi connectivity index (χ0n) is 19.5. The second-order valence-corrected chi connectivity index (χ2v) is 8.39. The number of nitrogens with one attached hydrogen (secondary N) is 3. The van der Waals surface area contributed by atoms with Gasteiger partial charge in [-0.05, 0) is 32.8 Å². The Hall–Kier alpha value is -3.10. The first kappa shape index (κ1) is 26.9. The number of unbranched alkanes of at least 4 members (excludes halogenated alkanes) is 1. The Morgan fingerprint density at radius 2 is 1.66 bits per heavy atom. The topological polar surface area (TPSA) is 123 Å². The smallest absolute Gasteiger partial charge is 0.408 e. The monoisotopic (exact) mass is 449 g/mol. The van der Waals surface area contributed by atoms with Crippen molar-refractivity contribution in [2.45, 2.75) is 71.1 Å². The second kappa shape index (κ2) is 13.3. The quantitative estimate of drug-likeness (QED) is 0.445. The number of benzene rings is 1. The molecule has 0 aliphatic heterocycles. The van der Waals surface area contributed by atoms with E-state index in [1.807, 2.05) is 37.3 Å². The molecule has 9 nitrogen and oxygen atoms in total. The largest absolute Gasteiger partial charge is 0.467 e. The van der Waals surface area contributed by atoms with Gasteiger partial charge in [0.2, 0.25) is 11.8 Å². The molecule has 178 valence electrons. The van der Waals surface area contributed by atoms with Crippen molar-refractivity contribution in [2.24, 2.45) is 0 Å². The molecule has 0 unspecified atom stereocenters. The van der Waals surface area contributed by atoms with Crippen LogP contribution in [0.5, 0.6) is 0 Å². The molecule has 0 heterocycles. The highest BCUT2D eigenvalue weighted by Gasteiger charge is 2.27. The fourth-order valence-electron chi connectivity index (χ4n) is 2.84. The summed E-state index contributed by atoms with van der Waals surface area (Å²) in [5.41, 5.74) is 0.133. The summed E-state index contributed by atoms with van der Waals surface area (Å²) < 4.78 is 9.90. The zero-order valence-corrected chi connectivity index (χ0v) is 19.5. The Bertz CT molecular complexity index is 761. The van der Waals surface area contributed by atoms with Crippen LogP contribution in [0.4, 0.5) is 4.79 Å². The van der Waals surface area contributed by atoms with Crippen LogP contribution < -0.4 is 16.0 Å². The van der Waals surface area contributed by atoms with Gasteiger partial charge >= 0.3 is 12.1 Å². The summed E-state index contributed by atoms with van der Waals surface area (Å²) in [6.07, 6.45) is 1.50. The van der Waals surface area contributed by atoms with E-state index in [2.05, 4.69) is 16.0 Å². The van der Waals surface area contributed by atoms with E-state index in [-0.39, 0.29) is 13.0 Å². The minimum Gasteiger partial charge on any atom is -0.467 e. The Morgan fingerprint density at radius 3 is 2.22 bits per heavy atom. The molecule has 0 fully saturated rings. The van der Waals surface area contributed by atoms with Gasteiger partial charge < -0.3 is 25.4 Å². The van der Waals surface area contributed by atoms with Crippen molar-refractivity contribution < 1.29 is 28.7 Å². The summed E-state index contributed by atoms with van der Waals surface area (Å²) in [6, 6.07) is 7.42. The average Bonchev–Trinajstić information content (AvgIpc) is 2.73. The number of hydrogen-bond acceptors (Lipinski definition) is 6. The Kier molecular flexibility index (Phi) is 11.2. The van der Waals surface area contributed by atoms with Crippen LogP contribution in [0.25, 0.3) is 0 Å². The molecule has 3 amide bonds. The van der Waals surface area contributed by atoms with Crippen LogP contribution in [0.15, 0.2) is 30.3 Å². The normalized spacial score (nSPS) is 12.8. The first-order valence-corrected chi connectivity index (χ1v) is 10.7. The molecule has 32 heavy (non-hydrogen) atoms. The SMILES string of the molecule is CCCC[C@H](NC(=O)[C@H](Cc1ccccc1)NC(=O)CNC(=O)OC(C)(C)C)C(=O)OC. The number of esters is 1. The summed E-state index contributed by atoms with van der Waals surface area (Å²) >= 11 is 0. The highest BCUT2D eigenvalue weighted by molar-refractivity contribution is 5.92. The van der Waals surface area contributed by atoms with Crippen LogP contribution in [-0.4, -0.2) is 55.2 Å². The molecule has 9 heteroatoms. The van der Waals surface area contributed by atoms with Crippen molar-refractivity contribution in [2.75, 3.05) is 13.7 Å². The predicted molar refractivity (Wildman–Crippen MR) is 120 cm³/mol. The summed E-state index contributed by atoms with van der Waals surface area (Å²) in [6.45, 7) is 6.76. The van der Waals surface area contributed by atoms with E-state index >= 15 is 0 Å². The zero-order chi connectivity index (χ0) is 24.1. The van der Waals surface area contributed by atoms with Gasteiger partial charge in [0.1, 0.15) is 24.2 Å². The lowest BCUT2D eigenvalue weighted by Gasteiger charge is -2.23. The molecule has 0 spiro atoms. The maximum absolute atomic E-state index is 13.0. The number of hydrogen-bond donors (Lipinski definition) is 3. The number of alkyl carbamates (subject to hydrolysis) is 1. The number of amides is 3. The van der Waals surface area contributed by atoms with Crippen molar-refractivity contribution in [3.63, 3.8) is 0 Å². The molecule has 1 aromatic carbocycles. The fourth-order valence-corrected chi connectivity index (χ4v) is 2.84. The van der Waals surface area contributed by atoms with Gasteiger partial charge in [-0.25, -0.2) is 9.59 Å².